The second-order valence-corrected chi connectivity index (χ2v) is 5.09. The van der Waals surface area contributed by atoms with Crippen LogP contribution in [0, 0.1) is 6.92 Å². The van der Waals surface area contributed by atoms with E-state index in [0.717, 1.165) is 30.6 Å². The molecule has 5 heteroatoms. The van der Waals surface area contributed by atoms with Crippen molar-refractivity contribution in [2.45, 2.75) is 33.1 Å². The molecule has 0 aromatic heterocycles. The number of halogens is 1. The lowest BCUT2D eigenvalue weighted by Crippen LogP contribution is -2.26. The van der Waals surface area contributed by atoms with Gasteiger partial charge in [-0.3, -0.25) is 4.79 Å². The highest BCUT2D eigenvalue weighted by Gasteiger charge is 2.07. The fourth-order valence-corrected chi connectivity index (χ4v) is 1.93. The zero-order chi connectivity index (χ0) is 15.0. The minimum absolute atomic E-state index is 0.0654. The van der Waals surface area contributed by atoms with Crippen molar-refractivity contribution >= 4 is 23.2 Å². The third kappa shape index (κ3) is 5.29. The van der Waals surface area contributed by atoms with Crippen LogP contribution in [0.15, 0.2) is 12.1 Å². The number of hydrogen-bond donors (Lipinski definition) is 2. The Morgan fingerprint density at radius 2 is 2.10 bits per heavy atom. The van der Waals surface area contributed by atoms with E-state index in [9.17, 15) is 4.79 Å². The molecule has 112 valence electrons. The number of methoxy groups -OCH3 is 1. The van der Waals surface area contributed by atoms with Gasteiger partial charge >= 0.3 is 0 Å². The third-order valence-electron chi connectivity index (χ3n) is 3.00. The molecule has 0 fully saturated rings. The molecule has 1 aromatic carbocycles. The van der Waals surface area contributed by atoms with Crippen molar-refractivity contribution in [1.82, 2.24) is 5.32 Å². The third-order valence-corrected chi connectivity index (χ3v) is 3.41. The van der Waals surface area contributed by atoms with E-state index in [0.29, 0.717) is 23.7 Å². The van der Waals surface area contributed by atoms with Crippen LogP contribution in [-0.2, 0) is 4.79 Å². The van der Waals surface area contributed by atoms with Crippen molar-refractivity contribution in [3.63, 3.8) is 0 Å². The smallest absolute Gasteiger partial charge is 0.221 e. The molecule has 2 N–H and O–H groups in total. The summed E-state index contributed by atoms with van der Waals surface area (Å²) in [6.45, 7) is 5.35. The van der Waals surface area contributed by atoms with Gasteiger partial charge in [-0.15, -0.1) is 0 Å². The summed E-state index contributed by atoms with van der Waals surface area (Å²) < 4.78 is 5.27. The monoisotopic (exact) mass is 298 g/mol. The summed E-state index contributed by atoms with van der Waals surface area (Å²) >= 11 is 6.05. The van der Waals surface area contributed by atoms with Crippen LogP contribution in [-0.4, -0.2) is 26.1 Å². The van der Waals surface area contributed by atoms with Gasteiger partial charge in [0.1, 0.15) is 5.75 Å². The Morgan fingerprint density at radius 3 is 2.75 bits per heavy atom. The minimum Gasteiger partial charge on any atom is -0.495 e. The Morgan fingerprint density at radius 1 is 1.35 bits per heavy atom. The molecule has 0 saturated heterocycles. The Kier molecular flexibility index (Phi) is 7.23. The van der Waals surface area contributed by atoms with Crippen molar-refractivity contribution in [2.24, 2.45) is 0 Å². The van der Waals surface area contributed by atoms with Gasteiger partial charge in [-0.1, -0.05) is 24.9 Å². The quantitative estimate of drug-likeness (QED) is 0.723. The Balaban J connectivity index is 2.45. The Hall–Kier alpha value is -1.42. The topological polar surface area (TPSA) is 50.4 Å². The van der Waals surface area contributed by atoms with Gasteiger partial charge in [0.05, 0.1) is 12.8 Å². The summed E-state index contributed by atoms with van der Waals surface area (Å²) in [7, 11) is 1.60. The second-order valence-electron chi connectivity index (χ2n) is 4.68. The van der Waals surface area contributed by atoms with E-state index < -0.39 is 0 Å². The molecule has 0 aliphatic rings. The van der Waals surface area contributed by atoms with Crippen LogP contribution in [0.2, 0.25) is 5.02 Å². The largest absolute Gasteiger partial charge is 0.495 e. The van der Waals surface area contributed by atoms with Crippen LogP contribution in [0.5, 0.6) is 5.75 Å². The lowest BCUT2D eigenvalue weighted by Gasteiger charge is -2.13. The van der Waals surface area contributed by atoms with E-state index in [4.69, 9.17) is 16.3 Å². The number of carbonyl (C=O) groups excluding carboxylic acids is 1. The summed E-state index contributed by atoms with van der Waals surface area (Å²) in [6, 6.07) is 3.71. The van der Waals surface area contributed by atoms with Crippen LogP contribution >= 0.6 is 11.6 Å². The minimum atomic E-state index is 0.0654. The number of nitrogens with one attached hydrogen (secondary N) is 2. The standard InChI is InChI=1S/C15H23ClN2O2/c1-4-5-7-18-15(19)6-8-17-13-9-11(2)12(16)10-14(13)20-3/h9-10,17H,4-8H2,1-3H3,(H,18,19). The molecular weight excluding hydrogens is 276 g/mol. The van der Waals surface area contributed by atoms with Gasteiger partial charge in [0, 0.05) is 30.6 Å². The van der Waals surface area contributed by atoms with E-state index in [1.54, 1.807) is 13.2 Å². The predicted octanol–water partition coefficient (Wildman–Crippen LogP) is 3.38. The van der Waals surface area contributed by atoms with Crippen LogP contribution < -0.4 is 15.4 Å². The number of anilines is 1. The zero-order valence-corrected chi connectivity index (χ0v) is 13.1. The molecule has 0 heterocycles. The van der Waals surface area contributed by atoms with Crippen molar-refractivity contribution in [2.75, 3.05) is 25.5 Å². The molecule has 1 aromatic rings. The molecule has 1 amide bonds. The van der Waals surface area contributed by atoms with Crippen molar-refractivity contribution in [1.29, 1.82) is 0 Å². The van der Waals surface area contributed by atoms with Crippen LogP contribution in [0.1, 0.15) is 31.7 Å². The van der Waals surface area contributed by atoms with Gasteiger partial charge in [0.2, 0.25) is 5.91 Å². The molecule has 0 aliphatic carbocycles. The van der Waals surface area contributed by atoms with E-state index in [1.165, 1.54) is 0 Å². The molecule has 0 unspecified atom stereocenters. The molecule has 4 nitrogen and oxygen atoms in total. The normalized spacial score (nSPS) is 10.2. The maximum atomic E-state index is 11.6. The zero-order valence-electron chi connectivity index (χ0n) is 12.4. The van der Waals surface area contributed by atoms with Gasteiger partial charge < -0.3 is 15.4 Å². The summed E-state index contributed by atoms with van der Waals surface area (Å²) in [5.41, 5.74) is 1.83. The highest BCUT2D eigenvalue weighted by atomic mass is 35.5. The van der Waals surface area contributed by atoms with E-state index >= 15 is 0 Å². The molecule has 1 rings (SSSR count). The van der Waals surface area contributed by atoms with Crippen molar-refractivity contribution < 1.29 is 9.53 Å². The number of rotatable bonds is 8. The summed E-state index contributed by atoms with van der Waals surface area (Å²) in [5.74, 6) is 0.752. The fraction of sp³-hybridized carbons (Fsp3) is 0.533. The number of benzene rings is 1. The first-order valence-electron chi connectivity index (χ1n) is 6.93. The Labute approximate surface area is 125 Å². The van der Waals surface area contributed by atoms with Crippen LogP contribution in [0.4, 0.5) is 5.69 Å². The maximum absolute atomic E-state index is 11.6. The summed E-state index contributed by atoms with van der Waals surface area (Å²) in [5, 5.41) is 6.77. The highest BCUT2D eigenvalue weighted by molar-refractivity contribution is 6.31. The van der Waals surface area contributed by atoms with Crippen LogP contribution in [0.25, 0.3) is 0 Å². The highest BCUT2D eigenvalue weighted by Crippen LogP contribution is 2.30. The number of unbranched alkanes of at least 4 members (excludes halogenated alkanes) is 1. The van der Waals surface area contributed by atoms with Gasteiger partial charge in [0.25, 0.3) is 0 Å². The van der Waals surface area contributed by atoms with Crippen molar-refractivity contribution in [3.05, 3.63) is 22.7 Å². The lowest BCUT2D eigenvalue weighted by atomic mass is 10.2. The number of ether oxygens (including phenoxy) is 1. The summed E-state index contributed by atoms with van der Waals surface area (Å²) in [6.07, 6.45) is 2.54. The molecule has 0 atom stereocenters. The molecule has 0 aliphatic heterocycles. The number of amides is 1. The van der Waals surface area contributed by atoms with Crippen molar-refractivity contribution in [3.8, 4) is 5.75 Å². The van der Waals surface area contributed by atoms with Gasteiger partial charge in [-0.2, -0.15) is 0 Å². The average molecular weight is 299 g/mol. The number of carbonyl (C=O) groups is 1. The fourth-order valence-electron chi connectivity index (χ4n) is 1.77. The predicted molar refractivity (Wildman–Crippen MR) is 83.8 cm³/mol. The molecule has 20 heavy (non-hydrogen) atoms. The van der Waals surface area contributed by atoms with E-state index in [-0.39, 0.29) is 5.91 Å². The maximum Gasteiger partial charge on any atom is 0.221 e. The summed E-state index contributed by atoms with van der Waals surface area (Å²) in [4.78, 5) is 11.6. The molecule has 0 bridgehead atoms. The second kappa shape index (κ2) is 8.69. The first-order chi connectivity index (χ1) is 9.58. The molecule has 0 radical (unpaired) electrons. The van der Waals surface area contributed by atoms with E-state index in [2.05, 4.69) is 17.6 Å². The number of aryl methyl sites for hydroxylation is 1. The number of hydrogen-bond acceptors (Lipinski definition) is 3. The van der Waals surface area contributed by atoms with Gasteiger partial charge in [0.15, 0.2) is 0 Å². The molecular formula is C15H23ClN2O2. The Bertz CT molecular complexity index is 450. The van der Waals surface area contributed by atoms with E-state index in [1.807, 2.05) is 13.0 Å². The lowest BCUT2D eigenvalue weighted by molar-refractivity contribution is -0.120. The first kappa shape index (κ1) is 16.6. The molecule has 0 spiro atoms. The average Bonchev–Trinajstić information content (AvgIpc) is 2.42. The molecule has 0 saturated carbocycles. The first-order valence-corrected chi connectivity index (χ1v) is 7.31. The SMILES string of the molecule is CCCCNC(=O)CCNc1cc(C)c(Cl)cc1OC. The van der Waals surface area contributed by atoms with Gasteiger partial charge in [-0.25, -0.2) is 0 Å². The van der Waals surface area contributed by atoms with Crippen LogP contribution in [0.3, 0.4) is 0 Å². The van der Waals surface area contributed by atoms with Gasteiger partial charge in [-0.05, 0) is 25.0 Å².